The quantitative estimate of drug-likeness (QED) is 0.761. The second kappa shape index (κ2) is 6.13. The first-order valence-corrected chi connectivity index (χ1v) is 8.87. The van der Waals surface area contributed by atoms with Crippen LogP contribution >= 0.6 is 31.9 Å². The highest BCUT2D eigenvalue weighted by atomic mass is 79.9. The Bertz CT molecular complexity index is 701. The van der Waals surface area contributed by atoms with Gasteiger partial charge in [0.15, 0.2) is 0 Å². The number of nitrogens with zero attached hydrogens (tertiary/aromatic N) is 1. The summed E-state index contributed by atoms with van der Waals surface area (Å²) in [6.07, 6.45) is 4.61. The Labute approximate surface area is 141 Å². The molecule has 2 aromatic rings. The molecule has 0 unspecified atom stereocenters. The van der Waals surface area contributed by atoms with Gasteiger partial charge in [-0.2, -0.15) is 0 Å². The van der Waals surface area contributed by atoms with Crippen molar-refractivity contribution in [1.29, 1.82) is 0 Å². The van der Waals surface area contributed by atoms with E-state index in [1.165, 1.54) is 29.8 Å². The predicted octanol–water partition coefficient (Wildman–Crippen LogP) is 5.08. The summed E-state index contributed by atoms with van der Waals surface area (Å²) in [5, 5.41) is 4.62. The summed E-state index contributed by atoms with van der Waals surface area (Å²) in [6.45, 7) is 3.01. The Morgan fingerprint density at radius 1 is 1.24 bits per heavy atom. The van der Waals surface area contributed by atoms with Crippen LogP contribution in [0.3, 0.4) is 0 Å². The van der Waals surface area contributed by atoms with Gasteiger partial charge in [-0.3, -0.25) is 4.98 Å². The number of halogens is 2. The number of nitrogens with one attached hydrogen (secondary N) is 1. The first-order valence-electron chi connectivity index (χ1n) is 7.28. The molecular formula is C16H18Br2N2O. The molecule has 5 heteroatoms. The van der Waals surface area contributed by atoms with E-state index in [1.807, 2.05) is 6.07 Å². The lowest BCUT2D eigenvalue weighted by molar-refractivity contribution is 0.417. The van der Waals surface area contributed by atoms with Gasteiger partial charge in [0.05, 0.1) is 28.2 Å². The van der Waals surface area contributed by atoms with E-state index in [9.17, 15) is 0 Å². The fourth-order valence-electron chi connectivity index (χ4n) is 3.07. The fourth-order valence-corrected chi connectivity index (χ4v) is 4.48. The summed E-state index contributed by atoms with van der Waals surface area (Å²) >= 11 is 7.25. The summed E-state index contributed by atoms with van der Waals surface area (Å²) in [7, 11) is 1.71. The number of aromatic nitrogens is 1. The molecule has 1 aliphatic rings. The van der Waals surface area contributed by atoms with Crippen molar-refractivity contribution < 1.29 is 4.74 Å². The van der Waals surface area contributed by atoms with Crippen molar-refractivity contribution in [2.45, 2.75) is 32.6 Å². The maximum absolute atomic E-state index is 5.64. The number of methoxy groups -OCH3 is 1. The van der Waals surface area contributed by atoms with E-state index in [0.717, 1.165) is 45.0 Å². The van der Waals surface area contributed by atoms with Crippen molar-refractivity contribution in [2.24, 2.45) is 0 Å². The van der Waals surface area contributed by atoms with Gasteiger partial charge in [0.25, 0.3) is 0 Å². The molecule has 0 amide bonds. The molecule has 0 saturated carbocycles. The Kier molecular flexibility index (Phi) is 4.41. The third-order valence-electron chi connectivity index (χ3n) is 3.96. The fraction of sp³-hybridized carbons (Fsp3) is 0.438. The third kappa shape index (κ3) is 2.55. The summed E-state index contributed by atoms with van der Waals surface area (Å²) in [4.78, 5) is 4.92. The summed E-state index contributed by atoms with van der Waals surface area (Å²) < 4.78 is 7.59. The van der Waals surface area contributed by atoms with Gasteiger partial charge < -0.3 is 10.1 Å². The van der Waals surface area contributed by atoms with Crippen molar-refractivity contribution in [3.8, 4) is 5.75 Å². The summed E-state index contributed by atoms with van der Waals surface area (Å²) in [5.41, 5.74) is 4.76. The lowest BCUT2D eigenvalue weighted by atomic mass is 9.92. The van der Waals surface area contributed by atoms with Crippen molar-refractivity contribution in [3.63, 3.8) is 0 Å². The first-order chi connectivity index (χ1) is 10.2. The van der Waals surface area contributed by atoms with E-state index in [1.54, 1.807) is 7.11 Å². The number of ether oxygens (including phenoxy) is 1. The van der Waals surface area contributed by atoms with Gasteiger partial charge in [-0.15, -0.1) is 0 Å². The Hall–Kier alpha value is -0.810. The number of anilines is 1. The van der Waals surface area contributed by atoms with Crippen LogP contribution in [0.15, 0.2) is 15.0 Å². The molecule has 0 bridgehead atoms. The molecule has 0 spiro atoms. The molecule has 0 radical (unpaired) electrons. The zero-order valence-corrected chi connectivity index (χ0v) is 15.4. The van der Waals surface area contributed by atoms with E-state index in [0.29, 0.717) is 0 Å². The Morgan fingerprint density at radius 2 is 2.00 bits per heavy atom. The van der Waals surface area contributed by atoms with Crippen LogP contribution in [0.4, 0.5) is 5.69 Å². The van der Waals surface area contributed by atoms with E-state index in [4.69, 9.17) is 9.72 Å². The van der Waals surface area contributed by atoms with Gasteiger partial charge in [0, 0.05) is 16.7 Å². The molecular weight excluding hydrogens is 396 g/mol. The number of hydrogen-bond donors (Lipinski definition) is 1. The minimum atomic E-state index is 0.852. The van der Waals surface area contributed by atoms with Crippen molar-refractivity contribution in [2.75, 3.05) is 19.0 Å². The standard InChI is InChI=1S/C16H18Br2N2O/c1-3-19-14-9-6-4-5-7-12(9)20-15-10(17)8-11(18)16(21-2)13(14)15/h8H,3-7H2,1-2H3,(H,19,20). The molecule has 1 N–H and O–H groups in total. The highest BCUT2D eigenvalue weighted by Crippen LogP contribution is 2.44. The molecule has 1 aromatic carbocycles. The molecule has 1 heterocycles. The zero-order valence-electron chi connectivity index (χ0n) is 12.2. The molecule has 0 aliphatic heterocycles. The number of benzene rings is 1. The van der Waals surface area contributed by atoms with Gasteiger partial charge in [0.2, 0.25) is 0 Å². The number of hydrogen-bond acceptors (Lipinski definition) is 3. The largest absolute Gasteiger partial charge is 0.495 e. The predicted molar refractivity (Wildman–Crippen MR) is 94.5 cm³/mol. The molecule has 0 fully saturated rings. The molecule has 3 nitrogen and oxygen atoms in total. The maximum Gasteiger partial charge on any atom is 0.144 e. The number of aryl methyl sites for hydroxylation is 1. The lowest BCUT2D eigenvalue weighted by Crippen LogP contribution is -2.12. The number of rotatable bonds is 3. The molecule has 3 rings (SSSR count). The normalized spacial score (nSPS) is 14.1. The van der Waals surface area contributed by atoms with Gasteiger partial charge >= 0.3 is 0 Å². The van der Waals surface area contributed by atoms with Crippen LogP contribution < -0.4 is 10.1 Å². The zero-order chi connectivity index (χ0) is 15.0. The highest BCUT2D eigenvalue weighted by Gasteiger charge is 2.22. The van der Waals surface area contributed by atoms with Crippen LogP contribution in [0, 0.1) is 0 Å². The smallest absolute Gasteiger partial charge is 0.144 e. The molecule has 1 aliphatic carbocycles. The van der Waals surface area contributed by atoms with Crippen LogP contribution in [0.1, 0.15) is 31.0 Å². The molecule has 112 valence electrons. The van der Waals surface area contributed by atoms with Crippen LogP contribution in [-0.2, 0) is 12.8 Å². The monoisotopic (exact) mass is 412 g/mol. The molecule has 21 heavy (non-hydrogen) atoms. The second-order valence-electron chi connectivity index (χ2n) is 5.25. The van der Waals surface area contributed by atoms with Crippen LogP contribution in [0.25, 0.3) is 10.9 Å². The Balaban J connectivity index is 2.43. The SMILES string of the molecule is CCNc1c2c(nc3c(Br)cc(Br)c(OC)c13)CCCC2. The van der Waals surface area contributed by atoms with Crippen LogP contribution in [0.5, 0.6) is 5.75 Å². The van der Waals surface area contributed by atoms with Gasteiger partial charge in [0.1, 0.15) is 5.75 Å². The Morgan fingerprint density at radius 3 is 2.71 bits per heavy atom. The molecule has 0 atom stereocenters. The molecule has 0 saturated heterocycles. The number of pyridine rings is 1. The van der Waals surface area contributed by atoms with Gasteiger partial charge in [-0.25, -0.2) is 0 Å². The van der Waals surface area contributed by atoms with E-state index in [2.05, 4.69) is 44.1 Å². The lowest BCUT2D eigenvalue weighted by Gasteiger charge is -2.23. The van der Waals surface area contributed by atoms with Crippen LogP contribution in [0.2, 0.25) is 0 Å². The van der Waals surface area contributed by atoms with Gasteiger partial charge in [-0.05, 0) is 76.1 Å². The molecule has 1 aromatic heterocycles. The third-order valence-corrected chi connectivity index (χ3v) is 5.15. The summed E-state index contributed by atoms with van der Waals surface area (Å²) in [5.74, 6) is 0.852. The highest BCUT2D eigenvalue weighted by molar-refractivity contribution is 9.11. The van der Waals surface area contributed by atoms with Gasteiger partial charge in [-0.1, -0.05) is 0 Å². The van der Waals surface area contributed by atoms with Crippen LogP contribution in [-0.4, -0.2) is 18.6 Å². The number of fused-ring (bicyclic) bond motifs is 2. The average molecular weight is 414 g/mol. The van der Waals surface area contributed by atoms with E-state index >= 15 is 0 Å². The van der Waals surface area contributed by atoms with E-state index < -0.39 is 0 Å². The minimum Gasteiger partial charge on any atom is -0.495 e. The maximum atomic E-state index is 5.64. The minimum absolute atomic E-state index is 0.852. The first kappa shape index (κ1) is 15.1. The summed E-state index contributed by atoms with van der Waals surface area (Å²) in [6, 6.07) is 2.01. The average Bonchev–Trinajstić information content (AvgIpc) is 2.48. The van der Waals surface area contributed by atoms with Crippen molar-refractivity contribution in [1.82, 2.24) is 4.98 Å². The van der Waals surface area contributed by atoms with Crippen molar-refractivity contribution in [3.05, 3.63) is 26.3 Å². The topological polar surface area (TPSA) is 34.2 Å². The van der Waals surface area contributed by atoms with Crippen molar-refractivity contribution >= 4 is 48.5 Å². The van der Waals surface area contributed by atoms with E-state index in [-0.39, 0.29) is 0 Å². The second-order valence-corrected chi connectivity index (χ2v) is 6.96.